The minimum Gasteiger partial charge on any atom is -0.466 e. The van der Waals surface area contributed by atoms with Crippen LogP contribution < -0.4 is 0 Å². The van der Waals surface area contributed by atoms with Crippen molar-refractivity contribution in [1.29, 1.82) is 0 Å². The van der Waals surface area contributed by atoms with Gasteiger partial charge in [-0.25, -0.2) is 0 Å². The molecule has 0 radical (unpaired) electrons. The van der Waals surface area contributed by atoms with E-state index in [2.05, 4.69) is 11.8 Å². The zero-order valence-electron chi connectivity index (χ0n) is 12.5. The Labute approximate surface area is 117 Å². The predicted octanol–water partition coefficient (Wildman–Crippen LogP) is 2.61. The van der Waals surface area contributed by atoms with E-state index in [0.29, 0.717) is 19.1 Å². The van der Waals surface area contributed by atoms with Gasteiger partial charge in [0.1, 0.15) is 0 Å². The van der Waals surface area contributed by atoms with Crippen LogP contribution in [-0.2, 0) is 14.3 Å². The molecular weight excluding hydrogens is 242 g/mol. The van der Waals surface area contributed by atoms with E-state index in [4.69, 9.17) is 9.47 Å². The van der Waals surface area contributed by atoms with Gasteiger partial charge in [0, 0.05) is 26.1 Å². The summed E-state index contributed by atoms with van der Waals surface area (Å²) in [6, 6.07) is 0. The molecule has 0 aromatic rings. The first-order valence-corrected chi connectivity index (χ1v) is 7.75. The number of carbonyl (C=O) groups excluding carboxylic acids is 1. The highest BCUT2D eigenvalue weighted by Crippen LogP contribution is 2.10. The summed E-state index contributed by atoms with van der Waals surface area (Å²) in [5.74, 6) is -0.0586. The Hall–Kier alpha value is -0.610. The Kier molecular flexibility index (Phi) is 8.84. The summed E-state index contributed by atoms with van der Waals surface area (Å²) in [5.41, 5.74) is 0. The van der Waals surface area contributed by atoms with Crippen molar-refractivity contribution in [2.75, 3.05) is 32.8 Å². The first-order valence-electron chi connectivity index (χ1n) is 7.75. The van der Waals surface area contributed by atoms with Gasteiger partial charge in [-0.05, 0) is 39.2 Å². The maximum Gasteiger partial charge on any atom is 0.305 e. The van der Waals surface area contributed by atoms with E-state index >= 15 is 0 Å². The monoisotopic (exact) mass is 271 g/mol. The number of nitrogens with zero attached hydrogens (tertiary/aromatic N) is 1. The van der Waals surface area contributed by atoms with E-state index in [1.807, 2.05) is 6.92 Å². The molecule has 1 heterocycles. The lowest BCUT2D eigenvalue weighted by atomic mass is 10.1. The first kappa shape index (κ1) is 16.4. The molecule has 0 bridgehead atoms. The quantitative estimate of drug-likeness (QED) is 0.502. The second kappa shape index (κ2) is 10.2. The van der Waals surface area contributed by atoms with Crippen LogP contribution in [0.4, 0.5) is 0 Å². The number of carbonyl (C=O) groups is 1. The molecular formula is C15H29NO3. The van der Waals surface area contributed by atoms with Gasteiger partial charge < -0.3 is 14.4 Å². The Bertz CT molecular complexity index is 246. The fourth-order valence-electron chi connectivity index (χ4n) is 2.43. The molecule has 1 aliphatic heterocycles. The summed E-state index contributed by atoms with van der Waals surface area (Å²) >= 11 is 0. The van der Waals surface area contributed by atoms with Crippen LogP contribution in [0.2, 0.25) is 0 Å². The SMILES string of the molecule is CCOC(=O)CCCCCN1CCCOC(CC)C1. The minimum absolute atomic E-state index is 0.0586. The first-order chi connectivity index (χ1) is 9.26. The summed E-state index contributed by atoms with van der Waals surface area (Å²) in [6.07, 6.45) is 6.41. The lowest BCUT2D eigenvalue weighted by molar-refractivity contribution is -0.143. The van der Waals surface area contributed by atoms with Crippen LogP contribution in [0, 0.1) is 0 Å². The normalized spacial score (nSPS) is 21.1. The molecule has 4 nitrogen and oxygen atoms in total. The Morgan fingerprint density at radius 3 is 2.89 bits per heavy atom. The molecule has 0 spiro atoms. The molecule has 1 atom stereocenters. The third-order valence-electron chi connectivity index (χ3n) is 3.55. The minimum atomic E-state index is -0.0586. The summed E-state index contributed by atoms with van der Waals surface area (Å²) in [7, 11) is 0. The van der Waals surface area contributed by atoms with Crippen LogP contribution in [0.15, 0.2) is 0 Å². The standard InChI is InChI=1S/C15H29NO3/c1-3-14-13-16(11-8-12-19-14)10-7-5-6-9-15(17)18-4-2/h14H,3-13H2,1-2H3. The van der Waals surface area contributed by atoms with Gasteiger partial charge in [0.15, 0.2) is 0 Å². The number of rotatable bonds is 8. The number of unbranched alkanes of at least 4 members (excludes halogenated alkanes) is 2. The molecule has 0 N–H and O–H groups in total. The topological polar surface area (TPSA) is 38.8 Å². The fraction of sp³-hybridized carbons (Fsp3) is 0.933. The molecule has 1 fully saturated rings. The summed E-state index contributed by atoms with van der Waals surface area (Å²) in [6.45, 7) is 8.77. The van der Waals surface area contributed by atoms with Crippen LogP contribution in [0.1, 0.15) is 52.4 Å². The molecule has 1 unspecified atom stereocenters. The number of ether oxygens (including phenoxy) is 2. The highest BCUT2D eigenvalue weighted by molar-refractivity contribution is 5.69. The van der Waals surface area contributed by atoms with E-state index in [-0.39, 0.29) is 5.97 Å². The van der Waals surface area contributed by atoms with E-state index in [1.165, 1.54) is 0 Å². The van der Waals surface area contributed by atoms with Crippen LogP contribution in [0.25, 0.3) is 0 Å². The number of hydrogen-bond acceptors (Lipinski definition) is 4. The average molecular weight is 271 g/mol. The van der Waals surface area contributed by atoms with E-state index < -0.39 is 0 Å². The lowest BCUT2D eigenvalue weighted by Gasteiger charge is -2.22. The maximum atomic E-state index is 11.2. The van der Waals surface area contributed by atoms with Crippen LogP contribution in [0.3, 0.4) is 0 Å². The van der Waals surface area contributed by atoms with Gasteiger partial charge in [0.25, 0.3) is 0 Å². The smallest absolute Gasteiger partial charge is 0.305 e. The Morgan fingerprint density at radius 1 is 1.32 bits per heavy atom. The molecule has 0 aliphatic carbocycles. The third kappa shape index (κ3) is 7.53. The predicted molar refractivity (Wildman–Crippen MR) is 76.2 cm³/mol. The second-order valence-corrected chi connectivity index (χ2v) is 5.17. The van der Waals surface area contributed by atoms with Gasteiger partial charge in [0.2, 0.25) is 0 Å². The molecule has 112 valence electrons. The van der Waals surface area contributed by atoms with Crippen molar-refractivity contribution in [1.82, 2.24) is 4.90 Å². The van der Waals surface area contributed by atoms with Crippen LogP contribution >= 0.6 is 0 Å². The fourth-order valence-corrected chi connectivity index (χ4v) is 2.43. The second-order valence-electron chi connectivity index (χ2n) is 5.17. The number of esters is 1. The molecule has 1 aliphatic rings. The average Bonchev–Trinajstić information content (AvgIpc) is 2.64. The van der Waals surface area contributed by atoms with Crippen molar-refractivity contribution in [2.24, 2.45) is 0 Å². The van der Waals surface area contributed by atoms with Gasteiger partial charge in [-0.1, -0.05) is 13.3 Å². The van der Waals surface area contributed by atoms with E-state index in [1.54, 1.807) is 0 Å². The summed E-state index contributed by atoms with van der Waals surface area (Å²) < 4.78 is 10.7. The summed E-state index contributed by atoms with van der Waals surface area (Å²) in [4.78, 5) is 13.7. The van der Waals surface area contributed by atoms with E-state index in [9.17, 15) is 4.79 Å². The molecule has 4 heteroatoms. The Morgan fingerprint density at radius 2 is 2.16 bits per heavy atom. The van der Waals surface area contributed by atoms with Crippen molar-refractivity contribution in [3.05, 3.63) is 0 Å². The zero-order chi connectivity index (χ0) is 13.9. The van der Waals surface area contributed by atoms with Crippen molar-refractivity contribution in [3.63, 3.8) is 0 Å². The number of hydrogen-bond donors (Lipinski definition) is 0. The van der Waals surface area contributed by atoms with Gasteiger partial charge in [-0.15, -0.1) is 0 Å². The van der Waals surface area contributed by atoms with Crippen molar-refractivity contribution >= 4 is 5.97 Å². The third-order valence-corrected chi connectivity index (χ3v) is 3.55. The Balaban J connectivity index is 2.06. The van der Waals surface area contributed by atoms with Gasteiger partial charge >= 0.3 is 5.97 Å². The highest BCUT2D eigenvalue weighted by atomic mass is 16.5. The zero-order valence-corrected chi connectivity index (χ0v) is 12.5. The van der Waals surface area contributed by atoms with Crippen molar-refractivity contribution < 1.29 is 14.3 Å². The van der Waals surface area contributed by atoms with Crippen molar-refractivity contribution in [3.8, 4) is 0 Å². The van der Waals surface area contributed by atoms with Crippen LogP contribution in [-0.4, -0.2) is 49.8 Å². The molecule has 1 saturated heterocycles. The molecule has 19 heavy (non-hydrogen) atoms. The van der Waals surface area contributed by atoms with Crippen molar-refractivity contribution in [2.45, 2.75) is 58.5 Å². The van der Waals surface area contributed by atoms with Gasteiger partial charge in [-0.3, -0.25) is 4.79 Å². The van der Waals surface area contributed by atoms with Gasteiger partial charge in [-0.2, -0.15) is 0 Å². The van der Waals surface area contributed by atoms with E-state index in [0.717, 1.165) is 58.3 Å². The molecule has 0 saturated carbocycles. The molecule has 1 rings (SSSR count). The largest absolute Gasteiger partial charge is 0.466 e. The molecule has 0 aromatic carbocycles. The maximum absolute atomic E-state index is 11.2. The lowest BCUT2D eigenvalue weighted by Crippen LogP contribution is -2.32. The van der Waals surface area contributed by atoms with Gasteiger partial charge in [0.05, 0.1) is 12.7 Å². The highest BCUT2D eigenvalue weighted by Gasteiger charge is 2.16. The summed E-state index contributed by atoms with van der Waals surface area (Å²) in [5, 5.41) is 0. The molecule has 0 aromatic heterocycles. The van der Waals surface area contributed by atoms with Crippen LogP contribution in [0.5, 0.6) is 0 Å². The molecule has 0 amide bonds.